The number of nitrogens with one attached hydrogen (secondary N) is 1. The van der Waals surface area contributed by atoms with Crippen LogP contribution in [0.2, 0.25) is 5.02 Å². The monoisotopic (exact) mass is 431 g/mol. The average Bonchev–Trinajstić information content (AvgIpc) is 3.08. The van der Waals surface area contributed by atoms with Crippen LogP contribution in [-0.4, -0.2) is 20.3 Å². The summed E-state index contributed by atoms with van der Waals surface area (Å²) in [5, 5.41) is 3.03. The molecule has 0 fully saturated rings. The van der Waals surface area contributed by atoms with Crippen LogP contribution < -0.4 is 11.1 Å². The van der Waals surface area contributed by atoms with Crippen molar-refractivity contribution in [2.24, 2.45) is 0 Å². The molecule has 152 valence electrons. The molecule has 0 atom stereocenters. The van der Waals surface area contributed by atoms with Gasteiger partial charge in [-0.05, 0) is 48.5 Å². The number of alkyl halides is 3. The predicted molar refractivity (Wildman–Crippen MR) is 107 cm³/mol. The lowest BCUT2D eigenvalue weighted by molar-refractivity contribution is -0.140. The van der Waals surface area contributed by atoms with Crippen LogP contribution >= 0.6 is 11.6 Å². The van der Waals surface area contributed by atoms with Gasteiger partial charge in [-0.25, -0.2) is 9.97 Å². The summed E-state index contributed by atoms with van der Waals surface area (Å²) in [6.45, 7) is 0. The highest BCUT2D eigenvalue weighted by atomic mass is 35.5. The number of imidazole rings is 1. The van der Waals surface area contributed by atoms with Crippen molar-refractivity contribution < 1.29 is 18.0 Å². The Morgan fingerprint density at radius 3 is 2.43 bits per heavy atom. The Kier molecular flexibility index (Phi) is 4.83. The quantitative estimate of drug-likeness (QED) is 0.483. The average molecular weight is 432 g/mol. The number of rotatable bonds is 3. The third kappa shape index (κ3) is 3.67. The minimum atomic E-state index is -4.69. The summed E-state index contributed by atoms with van der Waals surface area (Å²) < 4.78 is 42.0. The molecule has 3 aromatic heterocycles. The van der Waals surface area contributed by atoms with Gasteiger partial charge in [-0.2, -0.15) is 13.2 Å². The molecular weight excluding hydrogens is 419 g/mol. The smallest absolute Gasteiger partial charge is 0.383 e. The lowest BCUT2D eigenvalue weighted by atomic mass is 10.1. The Bertz CT molecular complexity index is 1250. The Balaban J connectivity index is 1.72. The number of pyridine rings is 2. The van der Waals surface area contributed by atoms with Crippen LogP contribution in [0.5, 0.6) is 0 Å². The number of halogens is 4. The van der Waals surface area contributed by atoms with Crippen molar-refractivity contribution >= 4 is 34.8 Å². The number of hydrogen-bond acceptors (Lipinski definition) is 4. The van der Waals surface area contributed by atoms with Crippen LogP contribution in [0, 0.1) is 0 Å². The fraction of sp³-hybridized carbons (Fsp3) is 0.0500. The fourth-order valence-electron chi connectivity index (χ4n) is 2.99. The molecule has 30 heavy (non-hydrogen) atoms. The van der Waals surface area contributed by atoms with E-state index < -0.39 is 17.8 Å². The van der Waals surface area contributed by atoms with Gasteiger partial charge in [0, 0.05) is 22.3 Å². The van der Waals surface area contributed by atoms with Gasteiger partial charge < -0.3 is 11.1 Å². The van der Waals surface area contributed by atoms with Crippen molar-refractivity contribution in [3.63, 3.8) is 0 Å². The van der Waals surface area contributed by atoms with E-state index in [0.29, 0.717) is 10.6 Å². The van der Waals surface area contributed by atoms with E-state index in [1.807, 2.05) is 0 Å². The van der Waals surface area contributed by atoms with E-state index in [0.717, 1.165) is 0 Å². The van der Waals surface area contributed by atoms with Crippen molar-refractivity contribution in [1.29, 1.82) is 0 Å². The van der Waals surface area contributed by atoms with Gasteiger partial charge in [0.2, 0.25) is 0 Å². The van der Waals surface area contributed by atoms with Crippen LogP contribution in [0.3, 0.4) is 0 Å². The Labute approximate surface area is 173 Å². The van der Waals surface area contributed by atoms with Gasteiger partial charge in [0.25, 0.3) is 5.91 Å². The number of nitrogens with zero attached hydrogens (tertiary/aromatic N) is 3. The first-order valence-corrected chi connectivity index (χ1v) is 9.00. The van der Waals surface area contributed by atoms with Gasteiger partial charge in [-0.3, -0.25) is 9.20 Å². The lowest BCUT2D eigenvalue weighted by Crippen LogP contribution is -2.14. The van der Waals surface area contributed by atoms with Crippen molar-refractivity contribution in [1.82, 2.24) is 14.4 Å². The maximum atomic E-state index is 13.6. The van der Waals surface area contributed by atoms with Gasteiger partial charge in [0.1, 0.15) is 17.3 Å². The molecule has 0 aliphatic rings. The van der Waals surface area contributed by atoms with Gasteiger partial charge in [0.15, 0.2) is 5.69 Å². The maximum absolute atomic E-state index is 13.6. The Morgan fingerprint density at radius 2 is 1.77 bits per heavy atom. The highest BCUT2D eigenvalue weighted by molar-refractivity contribution is 6.30. The molecule has 1 amide bonds. The highest BCUT2D eigenvalue weighted by Gasteiger charge is 2.38. The van der Waals surface area contributed by atoms with E-state index in [2.05, 4.69) is 15.3 Å². The zero-order valence-corrected chi connectivity index (χ0v) is 15.9. The summed E-state index contributed by atoms with van der Waals surface area (Å²) in [5.74, 6) is -0.546. The second kappa shape index (κ2) is 7.34. The molecule has 0 saturated carbocycles. The number of carbonyl (C=O) groups is 1. The number of anilines is 2. The number of hydrogen-bond donors (Lipinski definition) is 2. The van der Waals surface area contributed by atoms with E-state index >= 15 is 0 Å². The molecule has 0 saturated heterocycles. The zero-order valence-electron chi connectivity index (χ0n) is 15.1. The van der Waals surface area contributed by atoms with E-state index in [4.69, 9.17) is 17.3 Å². The number of carbonyl (C=O) groups excluding carboxylic acids is 1. The largest absolute Gasteiger partial charge is 0.435 e. The third-order valence-electron chi connectivity index (χ3n) is 4.33. The van der Waals surface area contributed by atoms with Crippen LogP contribution in [-0.2, 0) is 6.18 Å². The van der Waals surface area contributed by atoms with E-state index in [9.17, 15) is 18.0 Å². The molecule has 6 nitrogen and oxygen atoms in total. The van der Waals surface area contributed by atoms with Crippen molar-refractivity contribution in [3.8, 4) is 11.3 Å². The zero-order chi connectivity index (χ0) is 21.5. The van der Waals surface area contributed by atoms with Gasteiger partial charge in [-0.1, -0.05) is 17.7 Å². The van der Waals surface area contributed by atoms with Crippen LogP contribution in [0.1, 0.15) is 16.1 Å². The maximum Gasteiger partial charge on any atom is 0.435 e. The number of benzene rings is 1. The van der Waals surface area contributed by atoms with E-state index in [-0.39, 0.29) is 28.5 Å². The first-order valence-electron chi connectivity index (χ1n) is 8.62. The standard InChI is InChI=1S/C20H13ClF3N5O/c21-12-6-4-11(5-7-12)19(30)27-14-9-8-13(18(25)26-14)16-17(20(22,23)24)28-15-3-1-2-10-29(15)16/h1-10H,(H3,25,26,27,30). The molecule has 4 rings (SSSR count). The number of amides is 1. The Morgan fingerprint density at radius 1 is 1.03 bits per heavy atom. The fourth-order valence-corrected chi connectivity index (χ4v) is 3.11. The van der Waals surface area contributed by atoms with Crippen LogP contribution in [0.25, 0.3) is 16.9 Å². The summed E-state index contributed by atoms with van der Waals surface area (Å²) in [7, 11) is 0. The molecule has 0 unspecified atom stereocenters. The van der Waals surface area contributed by atoms with Crippen LogP contribution in [0.15, 0.2) is 60.8 Å². The van der Waals surface area contributed by atoms with Crippen LogP contribution in [0.4, 0.5) is 24.8 Å². The van der Waals surface area contributed by atoms with E-state index in [1.54, 1.807) is 24.3 Å². The molecule has 0 spiro atoms. The third-order valence-corrected chi connectivity index (χ3v) is 4.58. The number of aromatic nitrogens is 3. The van der Waals surface area contributed by atoms with Crippen molar-refractivity contribution in [2.75, 3.05) is 11.1 Å². The molecule has 4 aromatic rings. The molecule has 3 heterocycles. The number of nitrogen functional groups attached to an aromatic ring is 1. The molecule has 1 aromatic carbocycles. The first-order chi connectivity index (χ1) is 14.2. The first kappa shape index (κ1) is 19.7. The second-order valence-electron chi connectivity index (χ2n) is 6.33. The molecule has 10 heteroatoms. The number of nitrogens with two attached hydrogens (primary N) is 1. The molecule has 0 bridgehead atoms. The molecule has 0 aliphatic carbocycles. The van der Waals surface area contributed by atoms with Gasteiger partial charge in [0.05, 0.1) is 5.69 Å². The summed E-state index contributed by atoms with van der Waals surface area (Å²) in [5.41, 5.74) is 5.18. The minimum Gasteiger partial charge on any atom is -0.383 e. The molecule has 3 N–H and O–H groups in total. The molecular formula is C20H13ClF3N5O. The highest BCUT2D eigenvalue weighted by Crippen LogP contribution is 2.39. The lowest BCUT2D eigenvalue weighted by Gasteiger charge is -2.11. The Hall–Kier alpha value is -3.59. The van der Waals surface area contributed by atoms with Gasteiger partial charge >= 0.3 is 6.18 Å². The second-order valence-corrected chi connectivity index (χ2v) is 6.76. The summed E-state index contributed by atoms with van der Waals surface area (Å²) in [6, 6.07) is 13.6. The predicted octanol–water partition coefficient (Wildman–Crippen LogP) is 4.90. The SMILES string of the molecule is Nc1nc(NC(=O)c2ccc(Cl)cc2)ccc1-c1c(C(F)(F)F)nc2ccccn12. The number of fused-ring (bicyclic) bond motifs is 1. The molecule has 0 aliphatic heterocycles. The topological polar surface area (TPSA) is 85.3 Å². The van der Waals surface area contributed by atoms with Crippen molar-refractivity contribution in [2.45, 2.75) is 6.18 Å². The summed E-state index contributed by atoms with van der Waals surface area (Å²) in [4.78, 5) is 20.1. The minimum absolute atomic E-state index is 0.0468. The summed E-state index contributed by atoms with van der Waals surface area (Å²) in [6.07, 6.45) is -3.22. The van der Waals surface area contributed by atoms with Crippen molar-refractivity contribution in [3.05, 3.63) is 77.1 Å². The normalized spacial score (nSPS) is 11.6. The molecule has 0 radical (unpaired) electrons. The van der Waals surface area contributed by atoms with E-state index in [1.165, 1.54) is 40.9 Å². The summed E-state index contributed by atoms with van der Waals surface area (Å²) >= 11 is 5.80. The van der Waals surface area contributed by atoms with Gasteiger partial charge in [-0.15, -0.1) is 0 Å².